The first-order valence-electron chi connectivity index (χ1n) is 7.40. The Bertz CT molecular complexity index is 783. The fourth-order valence-corrected chi connectivity index (χ4v) is 2.68. The van der Waals surface area contributed by atoms with Gasteiger partial charge in [0.1, 0.15) is 16.4 Å². The Morgan fingerprint density at radius 3 is 2.77 bits per heavy atom. The van der Waals surface area contributed by atoms with Crippen molar-refractivity contribution in [2.75, 3.05) is 5.32 Å². The first-order chi connectivity index (χ1) is 10.7. The van der Waals surface area contributed by atoms with Gasteiger partial charge in [-0.15, -0.1) is 0 Å². The predicted molar refractivity (Wildman–Crippen MR) is 89.3 cm³/mol. The van der Waals surface area contributed by atoms with Gasteiger partial charge in [0.2, 0.25) is 0 Å². The summed E-state index contributed by atoms with van der Waals surface area (Å²) in [6, 6.07) is 5.76. The fourth-order valence-electron chi connectivity index (χ4n) is 2.49. The summed E-state index contributed by atoms with van der Waals surface area (Å²) in [4.78, 5) is 8.44. The zero-order valence-electron chi connectivity index (χ0n) is 12.7. The molecule has 0 aliphatic carbocycles. The van der Waals surface area contributed by atoms with Gasteiger partial charge in [-0.25, -0.2) is 4.98 Å². The standard InChI is InChI=1S/C17H18ClN3O/c1-3-4-14-11(2)16-17(22-14)13(9-15(18)21-16)20-10-12-5-7-19-8-6-12/h5-9H,3-4,10H2,1-2H3,(H,20,21). The normalized spacial score (nSPS) is 11.0. The lowest BCUT2D eigenvalue weighted by molar-refractivity contribution is 0.541. The number of pyridine rings is 2. The SMILES string of the molecule is CCCc1oc2c(NCc3ccncc3)cc(Cl)nc2c1C. The lowest BCUT2D eigenvalue weighted by atomic mass is 10.1. The number of aromatic nitrogens is 2. The van der Waals surface area contributed by atoms with E-state index >= 15 is 0 Å². The third-order valence-corrected chi connectivity index (χ3v) is 3.84. The van der Waals surface area contributed by atoms with Crippen LogP contribution in [0.1, 0.15) is 30.2 Å². The summed E-state index contributed by atoms with van der Waals surface area (Å²) in [6.45, 7) is 4.85. The molecule has 0 amide bonds. The van der Waals surface area contributed by atoms with E-state index in [1.165, 1.54) is 0 Å². The third kappa shape index (κ3) is 2.92. The zero-order chi connectivity index (χ0) is 15.5. The molecule has 0 saturated carbocycles. The van der Waals surface area contributed by atoms with Crippen molar-refractivity contribution in [3.05, 3.63) is 52.6 Å². The second-order valence-corrected chi connectivity index (χ2v) is 5.67. The Kier molecular flexibility index (Phi) is 4.29. The van der Waals surface area contributed by atoms with Gasteiger partial charge in [0.05, 0.1) is 5.69 Å². The topological polar surface area (TPSA) is 51.0 Å². The largest absolute Gasteiger partial charge is 0.457 e. The van der Waals surface area contributed by atoms with E-state index in [4.69, 9.17) is 16.0 Å². The molecule has 3 aromatic rings. The Morgan fingerprint density at radius 2 is 2.05 bits per heavy atom. The molecule has 3 heterocycles. The molecule has 0 spiro atoms. The van der Waals surface area contributed by atoms with Crippen LogP contribution in [0, 0.1) is 6.92 Å². The van der Waals surface area contributed by atoms with E-state index in [9.17, 15) is 0 Å². The van der Waals surface area contributed by atoms with Crippen LogP contribution in [0.5, 0.6) is 0 Å². The minimum atomic E-state index is 0.469. The molecule has 0 aromatic carbocycles. The number of furan rings is 1. The molecule has 3 rings (SSSR count). The maximum atomic E-state index is 6.16. The highest BCUT2D eigenvalue weighted by atomic mass is 35.5. The molecule has 0 unspecified atom stereocenters. The number of hydrogen-bond donors (Lipinski definition) is 1. The molecule has 114 valence electrons. The maximum Gasteiger partial charge on any atom is 0.176 e. The monoisotopic (exact) mass is 315 g/mol. The van der Waals surface area contributed by atoms with Crippen LogP contribution in [-0.2, 0) is 13.0 Å². The fraction of sp³-hybridized carbons (Fsp3) is 0.294. The van der Waals surface area contributed by atoms with Gasteiger partial charge in [-0.05, 0) is 31.0 Å². The van der Waals surface area contributed by atoms with Crippen LogP contribution in [-0.4, -0.2) is 9.97 Å². The van der Waals surface area contributed by atoms with E-state index in [2.05, 4.69) is 22.2 Å². The van der Waals surface area contributed by atoms with Gasteiger partial charge < -0.3 is 9.73 Å². The highest BCUT2D eigenvalue weighted by Crippen LogP contribution is 2.32. The summed E-state index contributed by atoms with van der Waals surface area (Å²) >= 11 is 6.16. The summed E-state index contributed by atoms with van der Waals surface area (Å²) in [6.07, 6.45) is 5.50. The molecular formula is C17H18ClN3O. The van der Waals surface area contributed by atoms with Gasteiger partial charge in [-0.2, -0.15) is 0 Å². The molecule has 22 heavy (non-hydrogen) atoms. The van der Waals surface area contributed by atoms with Gasteiger partial charge in [0, 0.05) is 37.0 Å². The molecule has 0 fully saturated rings. The average Bonchev–Trinajstić information content (AvgIpc) is 2.83. The summed E-state index contributed by atoms with van der Waals surface area (Å²) in [7, 11) is 0. The van der Waals surface area contributed by atoms with E-state index in [1.54, 1.807) is 12.4 Å². The number of aryl methyl sites for hydroxylation is 2. The minimum absolute atomic E-state index is 0.469. The number of fused-ring (bicyclic) bond motifs is 1. The molecule has 4 nitrogen and oxygen atoms in total. The van der Waals surface area contributed by atoms with E-state index in [0.29, 0.717) is 11.7 Å². The molecule has 0 radical (unpaired) electrons. The van der Waals surface area contributed by atoms with Crippen molar-refractivity contribution in [1.82, 2.24) is 9.97 Å². The van der Waals surface area contributed by atoms with Gasteiger partial charge >= 0.3 is 0 Å². The third-order valence-electron chi connectivity index (χ3n) is 3.65. The number of nitrogens with zero attached hydrogens (tertiary/aromatic N) is 2. The Balaban J connectivity index is 1.96. The summed E-state index contributed by atoms with van der Waals surface area (Å²) < 4.78 is 6.02. The van der Waals surface area contributed by atoms with Gasteiger partial charge in [-0.3, -0.25) is 4.98 Å². The van der Waals surface area contributed by atoms with Crippen molar-refractivity contribution in [3.8, 4) is 0 Å². The Morgan fingerprint density at radius 1 is 1.27 bits per heavy atom. The van der Waals surface area contributed by atoms with Crippen LogP contribution in [0.2, 0.25) is 5.15 Å². The predicted octanol–water partition coefficient (Wildman–Crippen LogP) is 4.75. The van der Waals surface area contributed by atoms with Crippen molar-refractivity contribution >= 4 is 28.4 Å². The number of halogens is 1. The molecule has 5 heteroatoms. The molecule has 0 aliphatic rings. The van der Waals surface area contributed by atoms with Crippen molar-refractivity contribution in [2.45, 2.75) is 33.2 Å². The lowest BCUT2D eigenvalue weighted by Crippen LogP contribution is -2.00. The quantitative estimate of drug-likeness (QED) is 0.690. The van der Waals surface area contributed by atoms with Crippen LogP contribution in [0.25, 0.3) is 11.1 Å². The zero-order valence-corrected chi connectivity index (χ0v) is 13.4. The molecular weight excluding hydrogens is 298 g/mol. The average molecular weight is 316 g/mol. The van der Waals surface area contributed by atoms with Gasteiger partial charge in [-0.1, -0.05) is 18.5 Å². The second kappa shape index (κ2) is 6.36. The van der Waals surface area contributed by atoms with Crippen molar-refractivity contribution in [3.63, 3.8) is 0 Å². The van der Waals surface area contributed by atoms with Crippen LogP contribution >= 0.6 is 11.6 Å². The van der Waals surface area contributed by atoms with E-state index < -0.39 is 0 Å². The number of rotatable bonds is 5. The highest BCUT2D eigenvalue weighted by molar-refractivity contribution is 6.30. The number of hydrogen-bond acceptors (Lipinski definition) is 4. The van der Waals surface area contributed by atoms with E-state index in [1.807, 2.05) is 25.1 Å². The van der Waals surface area contributed by atoms with Crippen molar-refractivity contribution in [1.29, 1.82) is 0 Å². The smallest absolute Gasteiger partial charge is 0.176 e. The first kappa shape index (κ1) is 14.9. The molecule has 0 saturated heterocycles. The second-order valence-electron chi connectivity index (χ2n) is 5.28. The molecule has 1 N–H and O–H groups in total. The number of anilines is 1. The maximum absolute atomic E-state index is 6.16. The minimum Gasteiger partial charge on any atom is -0.457 e. The first-order valence-corrected chi connectivity index (χ1v) is 7.78. The van der Waals surface area contributed by atoms with E-state index in [-0.39, 0.29) is 0 Å². The van der Waals surface area contributed by atoms with Gasteiger partial charge in [0.25, 0.3) is 0 Å². The summed E-state index contributed by atoms with van der Waals surface area (Å²) in [5.74, 6) is 0.985. The lowest BCUT2D eigenvalue weighted by Gasteiger charge is -2.07. The van der Waals surface area contributed by atoms with Crippen LogP contribution < -0.4 is 5.32 Å². The van der Waals surface area contributed by atoms with Gasteiger partial charge in [0.15, 0.2) is 5.58 Å². The Labute approximate surface area is 134 Å². The molecule has 0 aliphatic heterocycles. The van der Waals surface area contributed by atoms with Crippen molar-refractivity contribution in [2.24, 2.45) is 0 Å². The van der Waals surface area contributed by atoms with Crippen LogP contribution in [0.3, 0.4) is 0 Å². The highest BCUT2D eigenvalue weighted by Gasteiger charge is 2.15. The Hall–Kier alpha value is -2.07. The van der Waals surface area contributed by atoms with Crippen LogP contribution in [0.4, 0.5) is 5.69 Å². The summed E-state index contributed by atoms with van der Waals surface area (Å²) in [5.41, 5.74) is 4.71. The van der Waals surface area contributed by atoms with Crippen molar-refractivity contribution < 1.29 is 4.42 Å². The molecule has 0 atom stereocenters. The summed E-state index contributed by atoms with van der Waals surface area (Å²) in [5, 5.41) is 3.85. The molecule has 0 bridgehead atoms. The van der Waals surface area contributed by atoms with Crippen LogP contribution in [0.15, 0.2) is 35.0 Å². The molecule has 3 aromatic heterocycles. The van der Waals surface area contributed by atoms with E-state index in [0.717, 1.165) is 46.5 Å². The number of nitrogens with one attached hydrogen (secondary N) is 1.